The second-order valence-corrected chi connectivity index (χ2v) is 4.50. The first-order chi connectivity index (χ1) is 7.31. The molecule has 0 saturated carbocycles. The van der Waals surface area contributed by atoms with E-state index in [1.165, 1.54) is 32.0 Å². The van der Waals surface area contributed by atoms with Crippen LogP contribution in [0.5, 0.6) is 0 Å². The number of amides is 1. The number of likely N-dealkylation sites (tertiary alicyclic amines) is 2. The molecule has 84 valence electrons. The number of hydrogen-bond acceptors (Lipinski definition) is 2. The molecule has 0 bridgehead atoms. The molecule has 0 aromatic rings. The molecule has 2 aliphatic heterocycles. The van der Waals surface area contributed by atoms with Gasteiger partial charge in [-0.2, -0.15) is 0 Å². The highest BCUT2D eigenvalue weighted by atomic mass is 16.2. The lowest BCUT2D eigenvalue weighted by Crippen LogP contribution is -2.45. The third kappa shape index (κ3) is 2.40. The third-order valence-corrected chi connectivity index (χ3v) is 3.61. The van der Waals surface area contributed by atoms with Crippen molar-refractivity contribution in [2.45, 2.75) is 31.7 Å². The highest BCUT2D eigenvalue weighted by Gasteiger charge is 2.27. The summed E-state index contributed by atoms with van der Waals surface area (Å²) in [6, 6.07) is 0.723. The highest BCUT2D eigenvalue weighted by molar-refractivity contribution is 5.87. The van der Waals surface area contributed by atoms with E-state index in [9.17, 15) is 4.79 Å². The fraction of sp³-hybridized carbons (Fsp3) is 0.750. The minimum absolute atomic E-state index is 0.0925. The predicted molar refractivity (Wildman–Crippen MR) is 60.6 cm³/mol. The van der Waals surface area contributed by atoms with Crippen molar-refractivity contribution in [3.63, 3.8) is 0 Å². The fourth-order valence-electron chi connectivity index (χ4n) is 2.69. The van der Waals surface area contributed by atoms with Crippen LogP contribution >= 0.6 is 0 Å². The van der Waals surface area contributed by atoms with Gasteiger partial charge >= 0.3 is 0 Å². The van der Waals surface area contributed by atoms with Gasteiger partial charge in [0.25, 0.3) is 0 Å². The van der Waals surface area contributed by atoms with E-state index in [2.05, 4.69) is 11.5 Å². The van der Waals surface area contributed by atoms with Crippen molar-refractivity contribution >= 4 is 5.91 Å². The van der Waals surface area contributed by atoms with Crippen molar-refractivity contribution in [2.24, 2.45) is 0 Å². The molecular weight excluding hydrogens is 188 g/mol. The molecule has 0 radical (unpaired) electrons. The van der Waals surface area contributed by atoms with Crippen molar-refractivity contribution in [3.8, 4) is 0 Å². The van der Waals surface area contributed by atoms with Crippen LogP contribution in [0.3, 0.4) is 0 Å². The van der Waals surface area contributed by atoms with Gasteiger partial charge in [-0.1, -0.05) is 6.58 Å². The second kappa shape index (κ2) is 4.79. The van der Waals surface area contributed by atoms with Crippen molar-refractivity contribution in [2.75, 3.05) is 26.2 Å². The van der Waals surface area contributed by atoms with E-state index in [1.54, 1.807) is 0 Å². The average molecular weight is 208 g/mol. The normalized spacial score (nSPS) is 24.4. The zero-order valence-corrected chi connectivity index (χ0v) is 9.32. The molecule has 0 unspecified atom stereocenters. The van der Waals surface area contributed by atoms with Crippen LogP contribution in [-0.4, -0.2) is 47.9 Å². The zero-order chi connectivity index (χ0) is 10.7. The Morgan fingerprint density at radius 1 is 1.13 bits per heavy atom. The summed E-state index contributed by atoms with van der Waals surface area (Å²) >= 11 is 0. The molecule has 0 spiro atoms. The summed E-state index contributed by atoms with van der Waals surface area (Å²) in [5, 5.41) is 0. The molecule has 0 aromatic carbocycles. The Labute approximate surface area is 91.7 Å². The quantitative estimate of drug-likeness (QED) is 0.638. The van der Waals surface area contributed by atoms with E-state index in [0.717, 1.165) is 32.0 Å². The van der Waals surface area contributed by atoms with Crippen LogP contribution < -0.4 is 0 Å². The summed E-state index contributed by atoms with van der Waals surface area (Å²) < 4.78 is 0. The largest absolute Gasteiger partial charge is 0.339 e. The van der Waals surface area contributed by atoms with Gasteiger partial charge in [-0.05, 0) is 44.8 Å². The molecule has 15 heavy (non-hydrogen) atoms. The zero-order valence-electron chi connectivity index (χ0n) is 9.32. The molecule has 0 aromatic heterocycles. The van der Waals surface area contributed by atoms with E-state index in [4.69, 9.17) is 0 Å². The molecule has 3 nitrogen and oxygen atoms in total. The monoisotopic (exact) mass is 208 g/mol. The molecule has 2 rings (SSSR count). The summed E-state index contributed by atoms with van der Waals surface area (Å²) in [6.45, 7) is 7.88. The summed E-state index contributed by atoms with van der Waals surface area (Å²) in [5.74, 6) is 0.0925. The molecule has 2 heterocycles. The van der Waals surface area contributed by atoms with Gasteiger partial charge in [-0.3, -0.25) is 4.79 Å². The maximum Gasteiger partial charge on any atom is 0.245 e. The van der Waals surface area contributed by atoms with Gasteiger partial charge in [-0.25, -0.2) is 0 Å². The third-order valence-electron chi connectivity index (χ3n) is 3.61. The van der Waals surface area contributed by atoms with E-state index in [-0.39, 0.29) is 5.91 Å². The smallest absolute Gasteiger partial charge is 0.245 e. The van der Waals surface area contributed by atoms with Crippen molar-refractivity contribution in [1.82, 2.24) is 9.80 Å². The average Bonchev–Trinajstić information content (AvgIpc) is 2.82. The lowest BCUT2D eigenvalue weighted by molar-refractivity contribution is -0.127. The Morgan fingerprint density at radius 2 is 1.73 bits per heavy atom. The van der Waals surface area contributed by atoms with Crippen LogP contribution in [0.15, 0.2) is 12.7 Å². The highest BCUT2D eigenvalue weighted by Crippen LogP contribution is 2.20. The van der Waals surface area contributed by atoms with Gasteiger partial charge in [0.2, 0.25) is 5.91 Å². The van der Waals surface area contributed by atoms with Crippen molar-refractivity contribution in [1.29, 1.82) is 0 Å². The van der Waals surface area contributed by atoms with Crippen molar-refractivity contribution < 1.29 is 4.79 Å². The Kier molecular flexibility index (Phi) is 3.41. The van der Waals surface area contributed by atoms with Crippen LogP contribution in [0, 0.1) is 0 Å². The molecule has 0 N–H and O–H groups in total. The Morgan fingerprint density at radius 3 is 2.27 bits per heavy atom. The maximum atomic E-state index is 11.4. The molecule has 1 amide bonds. The van der Waals surface area contributed by atoms with Crippen LogP contribution in [0.1, 0.15) is 25.7 Å². The van der Waals surface area contributed by atoms with Gasteiger partial charge in [0.15, 0.2) is 0 Å². The van der Waals surface area contributed by atoms with Gasteiger partial charge in [-0.15, -0.1) is 0 Å². The van der Waals surface area contributed by atoms with E-state index in [1.807, 2.05) is 4.90 Å². The summed E-state index contributed by atoms with van der Waals surface area (Å²) in [6.07, 6.45) is 6.41. The van der Waals surface area contributed by atoms with Gasteiger partial charge in [0.1, 0.15) is 0 Å². The van der Waals surface area contributed by atoms with E-state index >= 15 is 0 Å². The molecular formula is C12H20N2O. The lowest BCUT2D eigenvalue weighted by atomic mass is 10.0. The summed E-state index contributed by atoms with van der Waals surface area (Å²) in [4.78, 5) is 15.9. The number of carbonyl (C=O) groups is 1. The molecule has 0 atom stereocenters. The first-order valence-corrected chi connectivity index (χ1v) is 5.96. The SMILES string of the molecule is C=CC(=O)N1CCC(N2CCCC2)CC1. The number of rotatable bonds is 2. The summed E-state index contributed by atoms with van der Waals surface area (Å²) in [5.41, 5.74) is 0. The minimum Gasteiger partial charge on any atom is -0.339 e. The first kappa shape index (κ1) is 10.7. The van der Waals surface area contributed by atoms with Crippen LogP contribution in [0.25, 0.3) is 0 Å². The van der Waals surface area contributed by atoms with Gasteiger partial charge < -0.3 is 9.80 Å². The first-order valence-electron chi connectivity index (χ1n) is 5.96. The Hall–Kier alpha value is -0.830. The molecule has 2 fully saturated rings. The standard InChI is InChI=1S/C12H20N2O/c1-2-12(15)14-9-5-11(6-10-14)13-7-3-4-8-13/h2,11H,1,3-10H2. The maximum absolute atomic E-state index is 11.4. The van der Waals surface area contributed by atoms with Gasteiger partial charge in [0, 0.05) is 19.1 Å². The van der Waals surface area contributed by atoms with E-state index < -0.39 is 0 Å². The number of hydrogen-bond donors (Lipinski definition) is 0. The number of piperidine rings is 1. The molecule has 0 aliphatic carbocycles. The molecule has 2 aliphatic rings. The second-order valence-electron chi connectivity index (χ2n) is 4.50. The van der Waals surface area contributed by atoms with Crippen LogP contribution in [0.2, 0.25) is 0 Å². The van der Waals surface area contributed by atoms with E-state index in [0.29, 0.717) is 0 Å². The topological polar surface area (TPSA) is 23.6 Å². The van der Waals surface area contributed by atoms with Crippen molar-refractivity contribution in [3.05, 3.63) is 12.7 Å². The molecule has 3 heteroatoms. The summed E-state index contributed by atoms with van der Waals surface area (Å²) in [7, 11) is 0. The van der Waals surface area contributed by atoms with Crippen LogP contribution in [-0.2, 0) is 4.79 Å². The number of carbonyl (C=O) groups excluding carboxylic acids is 1. The fourth-order valence-corrected chi connectivity index (χ4v) is 2.69. The number of nitrogens with zero attached hydrogens (tertiary/aromatic N) is 2. The Balaban J connectivity index is 1.81. The van der Waals surface area contributed by atoms with Crippen LogP contribution in [0.4, 0.5) is 0 Å². The predicted octanol–water partition coefficient (Wildman–Crippen LogP) is 1.26. The minimum atomic E-state index is 0.0925. The Bertz CT molecular complexity index is 238. The lowest BCUT2D eigenvalue weighted by Gasteiger charge is -2.36. The van der Waals surface area contributed by atoms with Gasteiger partial charge in [0.05, 0.1) is 0 Å². The molecule has 2 saturated heterocycles.